The maximum atomic E-state index is 13.7. The number of halogens is 1. The standard InChI is InChI=1S/C21H17FN4/c1-14-4-3-9-23-21(14)26(20-8-6-18(22)10-15(20)2)19-7-5-16-12-24-25-13-17(16)11-19/h3-13H,1-2H3. The van der Waals surface area contributed by atoms with Crippen molar-refractivity contribution >= 4 is 28.0 Å². The van der Waals surface area contributed by atoms with Crippen LogP contribution in [0.4, 0.5) is 21.6 Å². The van der Waals surface area contributed by atoms with E-state index in [9.17, 15) is 4.39 Å². The second-order valence-corrected chi connectivity index (χ2v) is 6.21. The van der Waals surface area contributed by atoms with Gasteiger partial charge < -0.3 is 0 Å². The minimum atomic E-state index is -0.252. The third-order valence-corrected chi connectivity index (χ3v) is 4.38. The number of pyridine rings is 1. The fraction of sp³-hybridized carbons (Fsp3) is 0.0952. The first-order valence-corrected chi connectivity index (χ1v) is 8.32. The molecule has 0 N–H and O–H groups in total. The summed E-state index contributed by atoms with van der Waals surface area (Å²) in [6, 6.07) is 14.8. The molecule has 0 aliphatic rings. The molecule has 0 saturated heterocycles. The van der Waals surface area contributed by atoms with Crippen LogP contribution in [0.5, 0.6) is 0 Å². The van der Waals surface area contributed by atoms with E-state index in [-0.39, 0.29) is 5.82 Å². The zero-order chi connectivity index (χ0) is 18.1. The number of hydrogen-bond acceptors (Lipinski definition) is 4. The molecule has 0 saturated carbocycles. The number of benzene rings is 2. The van der Waals surface area contributed by atoms with Crippen LogP contribution < -0.4 is 4.90 Å². The van der Waals surface area contributed by atoms with Gasteiger partial charge in [0.05, 0.1) is 18.1 Å². The molecule has 0 spiro atoms. The van der Waals surface area contributed by atoms with E-state index in [1.54, 1.807) is 24.7 Å². The number of aromatic nitrogens is 3. The molecule has 0 radical (unpaired) electrons. The summed E-state index contributed by atoms with van der Waals surface area (Å²) in [6.07, 6.45) is 5.24. The van der Waals surface area contributed by atoms with Crippen LogP contribution in [0.1, 0.15) is 11.1 Å². The summed E-state index contributed by atoms with van der Waals surface area (Å²) < 4.78 is 13.7. The quantitative estimate of drug-likeness (QED) is 0.509. The van der Waals surface area contributed by atoms with Gasteiger partial charge in [0.1, 0.15) is 11.6 Å². The van der Waals surface area contributed by atoms with Gasteiger partial charge in [-0.25, -0.2) is 9.37 Å². The van der Waals surface area contributed by atoms with Crippen LogP contribution >= 0.6 is 0 Å². The van der Waals surface area contributed by atoms with Crippen molar-refractivity contribution in [3.63, 3.8) is 0 Å². The van der Waals surface area contributed by atoms with Gasteiger partial charge in [0, 0.05) is 22.7 Å². The van der Waals surface area contributed by atoms with Gasteiger partial charge in [0.25, 0.3) is 0 Å². The van der Waals surface area contributed by atoms with Crippen LogP contribution in [0.25, 0.3) is 10.8 Å². The van der Waals surface area contributed by atoms with Crippen molar-refractivity contribution < 1.29 is 4.39 Å². The predicted octanol–water partition coefficient (Wildman–Crippen LogP) is 5.25. The maximum absolute atomic E-state index is 13.7. The monoisotopic (exact) mass is 344 g/mol. The van der Waals surface area contributed by atoms with Gasteiger partial charge in [0.2, 0.25) is 0 Å². The van der Waals surface area contributed by atoms with E-state index in [0.29, 0.717) is 0 Å². The first-order chi connectivity index (χ1) is 12.6. The molecule has 4 nitrogen and oxygen atoms in total. The Morgan fingerprint density at radius 1 is 0.846 bits per heavy atom. The molecule has 0 atom stereocenters. The molecule has 128 valence electrons. The molecule has 2 aromatic heterocycles. The molecule has 2 heterocycles. The number of fused-ring (bicyclic) bond motifs is 1. The predicted molar refractivity (Wildman–Crippen MR) is 101 cm³/mol. The molecule has 0 amide bonds. The van der Waals surface area contributed by atoms with Crippen molar-refractivity contribution in [2.24, 2.45) is 0 Å². The fourth-order valence-corrected chi connectivity index (χ4v) is 3.08. The molecule has 0 unspecified atom stereocenters. The number of hydrogen-bond donors (Lipinski definition) is 0. The summed E-state index contributed by atoms with van der Waals surface area (Å²) in [7, 11) is 0. The van der Waals surface area contributed by atoms with Gasteiger partial charge in [-0.2, -0.15) is 10.2 Å². The van der Waals surface area contributed by atoms with Gasteiger partial charge in [-0.15, -0.1) is 0 Å². The Hall–Kier alpha value is -3.34. The van der Waals surface area contributed by atoms with Crippen LogP contribution in [0.3, 0.4) is 0 Å². The Labute approximate surface area is 151 Å². The van der Waals surface area contributed by atoms with Crippen molar-refractivity contribution in [1.29, 1.82) is 0 Å². The minimum absolute atomic E-state index is 0.252. The smallest absolute Gasteiger partial charge is 0.140 e. The minimum Gasteiger partial charge on any atom is -0.295 e. The highest BCUT2D eigenvalue weighted by molar-refractivity contribution is 5.88. The SMILES string of the molecule is Cc1cc(F)ccc1N(c1ccc2cnncc2c1)c1ncccc1C. The summed E-state index contributed by atoms with van der Waals surface area (Å²) >= 11 is 0. The van der Waals surface area contributed by atoms with Gasteiger partial charge in [0.15, 0.2) is 0 Å². The van der Waals surface area contributed by atoms with E-state index in [0.717, 1.165) is 39.1 Å². The third-order valence-electron chi connectivity index (χ3n) is 4.38. The molecule has 0 fully saturated rings. The Bertz CT molecular complexity index is 1090. The number of aryl methyl sites for hydroxylation is 2. The molecule has 2 aromatic carbocycles. The van der Waals surface area contributed by atoms with Gasteiger partial charge in [-0.05, 0) is 61.4 Å². The third kappa shape index (κ3) is 2.88. The van der Waals surface area contributed by atoms with Crippen LogP contribution in [0, 0.1) is 19.7 Å². The Morgan fingerprint density at radius 3 is 2.42 bits per heavy atom. The van der Waals surface area contributed by atoms with E-state index in [1.807, 2.05) is 49.1 Å². The van der Waals surface area contributed by atoms with Crippen molar-refractivity contribution in [2.75, 3.05) is 4.90 Å². The first kappa shape index (κ1) is 16.1. The number of rotatable bonds is 3. The van der Waals surface area contributed by atoms with Crippen molar-refractivity contribution in [3.8, 4) is 0 Å². The Balaban J connectivity index is 1.96. The zero-order valence-corrected chi connectivity index (χ0v) is 14.5. The van der Waals surface area contributed by atoms with Crippen LogP contribution in [-0.4, -0.2) is 15.2 Å². The molecular weight excluding hydrogens is 327 g/mol. The average Bonchev–Trinajstić information content (AvgIpc) is 2.65. The van der Waals surface area contributed by atoms with Crippen LogP contribution in [-0.2, 0) is 0 Å². The fourth-order valence-electron chi connectivity index (χ4n) is 3.08. The lowest BCUT2D eigenvalue weighted by Gasteiger charge is -2.27. The molecule has 4 aromatic rings. The second kappa shape index (κ2) is 6.52. The van der Waals surface area contributed by atoms with E-state index in [4.69, 9.17) is 0 Å². The normalized spacial score (nSPS) is 10.9. The van der Waals surface area contributed by atoms with Crippen molar-refractivity contribution in [2.45, 2.75) is 13.8 Å². The number of anilines is 3. The zero-order valence-electron chi connectivity index (χ0n) is 14.5. The van der Waals surface area contributed by atoms with Crippen LogP contribution in [0.2, 0.25) is 0 Å². The summed E-state index contributed by atoms with van der Waals surface area (Å²) in [5.74, 6) is 0.557. The number of nitrogens with zero attached hydrogens (tertiary/aromatic N) is 4. The lowest BCUT2D eigenvalue weighted by molar-refractivity contribution is 0.626. The highest BCUT2D eigenvalue weighted by Crippen LogP contribution is 2.37. The van der Waals surface area contributed by atoms with E-state index >= 15 is 0 Å². The molecule has 0 aliphatic heterocycles. The highest BCUT2D eigenvalue weighted by atomic mass is 19.1. The van der Waals surface area contributed by atoms with Crippen molar-refractivity contribution in [3.05, 3.63) is 84.1 Å². The lowest BCUT2D eigenvalue weighted by atomic mass is 10.1. The van der Waals surface area contributed by atoms with Gasteiger partial charge in [-0.3, -0.25) is 4.90 Å². The molecule has 0 bridgehead atoms. The molecular formula is C21H17FN4. The Morgan fingerprint density at radius 2 is 1.65 bits per heavy atom. The van der Waals surface area contributed by atoms with E-state index in [2.05, 4.69) is 15.2 Å². The van der Waals surface area contributed by atoms with E-state index < -0.39 is 0 Å². The summed E-state index contributed by atoms with van der Waals surface area (Å²) in [4.78, 5) is 6.62. The molecule has 0 aliphatic carbocycles. The maximum Gasteiger partial charge on any atom is 0.140 e. The first-order valence-electron chi connectivity index (χ1n) is 8.32. The van der Waals surface area contributed by atoms with Crippen molar-refractivity contribution in [1.82, 2.24) is 15.2 Å². The summed E-state index contributed by atoms with van der Waals surface area (Å²) in [6.45, 7) is 3.91. The molecule has 26 heavy (non-hydrogen) atoms. The van der Waals surface area contributed by atoms with Gasteiger partial charge >= 0.3 is 0 Å². The Kier molecular flexibility index (Phi) is 4.05. The molecule has 5 heteroatoms. The molecule has 4 rings (SSSR count). The average molecular weight is 344 g/mol. The lowest BCUT2D eigenvalue weighted by Crippen LogP contribution is -2.14. The highest BCUT2D eigenvalue weighted by Gasteiger charge is 2.18. The largest absolute Gasteiger partial charge is 0.295 e. The van der Waals surface area contributed by atoms with Gasteiger partial charge in [-0.1, -0.05) is 12.1 Å². The second-order valence-electron chi connectivity index (χ2n) is 6.21. The van der Waals surface area contributed by atoms with Crippen LogP contribution in [0.15, 0.2) is 67.1 Å². The topological polar surface area (TPSA) is 41.9 Å². The summed E-state index contributed by atoms with van der Waals surface area (Å²) in [5.41, 5.74) is 3.68. The van der Waals surface area contributed by atoms with E-state index in [1.165, 1.54) is 12.1 Å². The summed E-state index contributed by atoms with van der Waals surface area (Å²) in [5, 5.41) is 9.89.